The number of anilines is 1. The van der Waals surface area contributed by atoms with Crippen molar-refractivity contribution in [2.45, 2.75) is 51.0 Å². The zero-order valence-electron chi connectivity index (χ0n) is 24.0. The Morgan fingerprint density at radius 2 is 1.66 bits per heavy atom. The molecule has 214 valence electrons. The lowest BCUT2D eigenvalue weighted by Gasteiger charge is -2.60. The van der Waals surface area contributed by atoms with Crippen LogP contribution in [0.25, 0.3) is 0 Å². The number of aldehydes is 1. The quantitative estimate of drug-likeness (QED) is 0.383. The third kappa shape index (κ3) is 5.50. The fourth-order valence-electron chi connectivity index (χ4n) is 6.78. The summed E-state index contributed by atoms with van der Waals surface area (Å²) in [5, 5.41) is 10.1. The average Bonchev–Trinajstić information content (AvgIpc) is 2.89. The van der Waals surface area contributed by atoms with Crippen LogP contribution in [0.1, 0.15) is 61.3 Å². The Labute approximate surface area is 241 Å². The van der Waals surface area contributed by atoms with E-state index in [-0.39, 0.29) is 24.0 Å². The molecule has 1 N–H and O–H groups in total. The number of rotatable bonds is 6. The number of benzene rings is 3. The highest BCUT2D eigenvalue weighted by molar-refractivity contribution is 5.70. The van der Waals surface area contributed by atoms with E-state index in [1.54, 1.807) is 6.07 Å². The van der Waals surface area contributed by atoms with E-state index in [0.29, 0.717) is 17.4 Å². The number of carbonyl (C=O) groups excluding carboxylic acids is 2. The largest absolute Gasteiger partial charge is 0.508 e. The normalized spacial score (nSPS) is 21.0. The summed E-state index contributed by atoms with van der Waals surface area (Å²) >= 11 is 0. The smallest absolute Gasteiger partial charge is 0.410 e. The summed E-state index contributed by atoms with van der Waals surface area (Å²) in [6.07, 6.45) is 2.43. The molecule has 0 unspecified atom stereocenters. The summed E-state index contributed by atoms with van der Waals surface area (Å²) in [6, 6.07) is 22.8. The summed E-state index contributed by atoms with van der Waals surface area (Å²) in [5.41, 5.74) is 5.85. The van der Waals surface area contributed by atoms with E-state index in [4.69, 9.17) is 9.47 Å². The number of phenolic OH excluding ortho intramolecular Hbond substituents is 1. The molecule has 2 heterocycles. The first-order chi connectivity index (χ1) is 19.6. The van der Waals surface area contributed by atoms with Gasteiger partial charge in [-0.3, -0.25) is 4.79 Å². The fraction of sp³-hybridized carbons (Fsp3) is 0.412. The van der Waals surface area contributed by atoms with Gasteiger partial charge in [-0.1, -0.05) is 30.3 Å². The predicted molar refractivity (Wildman–Crippen MR) is 158 cm³/mol. The molecule has 2 aliphatic heterocycles. The van der Waals surface area contributed by atoms with Crippen LogP contribution in [0, 0.1) is 5.41 Å². The molecular formula is C34H38N2O5. The second kappa shape index (κ2) is 10.4. The molecule has 3 aromatic rings. The van der Waals surface area contributed by atoms with E-state index in [9.17, 15) is 14.7 Å². The minimum Gasteiger partial charge on any atom is -0.508 e. The monoisotopic (exact) mass is 554 g/mol. The Morgan fingerprint density at radius 1 is 0.976 bits per heavy atom. The van der Waals surface area contributed by atoms with E-state index in [0.717, 1.165) is 45.3 Å². The zero-order chi connectivity index (χ0) is 28.8. The van der Waals surface area contributed by atoms with Gasteiger partial charge in [-0.15, -0.1) is 0 Å². The highest BCUT2D eigenvalue weighted by Gasteiger charge is 2.54. The molecule has 2 fully saturated rings. The average molecular weight is 555 g/mol. The molecule has 2 saturated heterocycles. The van der Waals surface area contributed by atoms with E-state index in [2.05, 4.69) is 47.4 Å². The van der Waals surface area contributed by atoms with Gasteiger partial charge < -0.3 is 24.4 Å². The van der Waals surface area contributed by atoms with Gasteiger partial charge in [-0.2, -0.15) is 0 Å². The standard InChI is InChI=1S/C34H38N2O5/c1-33(2,3)41-32(39)36-21-34(22-36)19-35(20-34)26-9-4-23(5-10-26)29-14-8-25-18-27(38)11-15-30(25)31(29)24-6-12-28(13-7-24)40-17-16-37/h4-7,9-13,15-16,18,29,31,38H,8,14,17,19-22H2,1-3H3/t29-,31+/m1/s1. The number of aromatic hydroxyl groups is 1. The van der Waals surface area contributed by atoms with Crippen molar-refractivity contribution in [3.63, 3.8) is 0 Å². The molecular weight excluding hydrogens is 516 g/mol. The predicted octanol–water partition coefficient (Wildman–Crippen LogP) is 5.89. The van der Waals surface area contributed by atoms with Gasteiger partial charge in [-0.25, -0.2) is 4.79 Å². The Kier molecular flexibility index (Phi) is 6.92. The maximum atomic E-state index is 12.3. The van der Waals surface area contributed by atoms with E-state index >= 15 is 0 Å². The van der Waals surface area contributed by atoms with Gasteiger partial charge in [-0.05, 0) is 98.2 Å². The third-order valence-corrected chi connectivity index (χ3v) is 8.59. The molecule has 7 nitrogen and oxygen atoms in total. The second-order valence-corrected chi connectivity index (χ2v) is 12.8. The Bertz CT molecular complexity index is 1410. The summed E-state index contributed by atoms with van der Waals surface area (Å²) in [6.45, 7) is 9.16. The molecule has 2 atom stereocenters. The van der Waals surface area contributed by atoms with Crippen LogP contribution in [0.5, 0.6) is 11.5 Å². The van der Waals surface area contributed by atoms with E-state index in [1.165, 1.54) is 27.9 Å². The van der Waals surface area contributed by atoms with Crippen molar-refractivity contribution in [1.29, 1.82) is 0 Å². The van der Waals surface area contributed by atoms with Crippen molar-refractivity contribution in [1.82, 2.24) is 4.90 Å². The number of likely N-dealkylation sites (tertiary alicyclic amines) is 1. The van der Waals surface area contributed by atoms with Crippen molar-refractivity contribution >= 4 is 18.1 Å². The van der Waals surface area contributed by atoms with Crippen LogP contribution in [-0.4, -0.2) is 60.8 Å². The first-order valence-electron chi connectivity index (χ1n) is 14.4. The lowest BCUT2D eigenvalue weighted by atomic mass is 9.69. The highest BCUT2D eigenvalue weighted by atomic mass is 16.6. The van der Waals surface area contributed by atoms with Crippen LogP contribution < -0.4 is 9.64 Å². The summed E-state index contributed by atoms with van der Waals surface area (Å²) in [7, 11) is 0. The lowest BCUT2D eigenvalue weighted by Crippen LogP contribution is -2.73. The van der Waals surface area contributed by atoms with Gasteiger partial charge in [0.2, 0.25) is 0 Å². The van der Waals surface area contributed by atoms with Crippen LogP contribution in [0.4, 0.5) is 10.5 Å². The molecule has 6 rings (SSSR count). The van der Waals surface area contributed by atoms with Gasteiger partial charge in [0.05, 0.1) is 0 Å². The van der Waals surface area contributed by atoms with Crippen LogP contribution in [-0.2, 0) is 16.0 Å². The summed E-state index contributed by atoms with van der Waals surface area (Å²) < 4.78 is 11.0. The number of carbonyl (C=O) groups is 2. The molecule has 0 radical (unpaired) electrons. The second-order valence-electron chi connectivity index (χ2n) is 12.8. The van der Waals surface area contributed by atoms with Crippen LogP contribution in [0.15, 0.2) is 66.7 Å². The molecule has 1 aliphatic carbocycles. The molecule has 0 bridgehead atoms. The minimum absolute atomic E-state index is 0.0417. The number of phenols is 1. The number of hydrogen-bond donors (Lipinski definition) is 1. The molecule has 1 spiro atoms. The number of amides is 1. The van der Waals surface area contributed by atoms with Gasteiger partial charge in [0.15, 0.2) is 6.29 Å². The van der Waals surface area contributed by atoms with Gasteiger partial charge >= 0.3 is 6.09 Å². The third-order valence-electron chi connectivity index (χ3n) is 8.59. The van der Waals surface area contributed by atoms with Crippen molar-refractivity contribution in [2.75, 3.05) is 37.7 Å². The van der Waals surface area contributed by atoms with Crippen LogP contribution in [0.3, 0.4) is 0 Å². The van der Waals surface area contributed by atoms with Crippen LogP contribution in [0.2, 0.25) is 0 Å². The number of ether oxygens (including phenoxy) is 2. The van der Waals surface area contributed by atoms with Crippen molar-refractivity contribution in [3.05, 3.63) is 89.0 Å². The number of aryl methyl sites for hydroxylation is 1. The molecule has 3 aliphatic rings. The molecule has 1 amide bonds. The van der Waals surface area contributed by atoms with Gasteiger partial charge in [0.25, 0.3) is 0 Å². The molecule has 41 heavy (non-hydrogen) atoms. The lowest BCUT2D eigenvalue weighted by molar-refractivity contribution is -0.109. The Hall–Kier alpha value is -4.00. The van der Waals surface area contributed by atoms with E-state index < -0.39 is 5.60 Å². The fourth-order valence-corrected chi connectivity index (χ4v) is 6.78. The van der Waals surface area contributed by atoms with Crippen LogP contribution >= 0.6 is 0 Å². The molecule has 7 heteroatoms. The van der Waals surface area contributed by atoms with Crippen molar-refractivity contribution in [2.24, 2.45) is 5.41 Å². The maximum Gasteiger partial charge on any atom is 0.410 e. The zero-order valence-corrected chi connectivity index (χ0v) is 24.0. The number of hydrogen-bond acceptors (Lipinski definition) is 6. The minimum atomic E-state index is -0.469. The molecule has 3 aromatic carbocycles. The highest BCUT2D eigenvalue weighted by Crippen LogP contribution is 2.48. The Balaban J connectivity index is 1.16. The molecule has 0 saturated carbocycles. The maximum absolute atomic E-state index is 12.3. The number of nitrogens with zero attached hydrogens (tertiary/aromatic N) is 2. The SMILES string of the molecule is CC(C)(C)OC(=O)N1CC2(C1)CN(c1ccc([C@H]3CCc4cc(O)ccc4[C@H]3c3ccc(OCC=O)cc3)cc1)C2. The summed E-state index contributed by atoms with van der Waals surface area (Å²) in [4.78, 5) is 27.3. The summed E-state index contributed by atoms with van der Waals surface area (Å²) in [5.74, 6) is 1.42. The van der Waals surface area contributed by atoms with Gasteiger partial charge in [0, 0.05) is 43.2 Å². The van der Waals surface area contributed by atoms with Crippen molar-refractivity contribution in [3.8, 4) is 11.5 Å². The van der Waals surface area contributed by atoms with Crippen molar-refractivity contribution < 1.29 is 24.2 Å². The first-order valence-corrected chi connectivity index (χ1v) is 14.4. The first kappa shape index (κ1) is 27.2. The van der Waals surface area contributed by atoms with Gasteiger partial charge in [0.1, 0.15) is 23.7 Å². The van der Waals surface area contributed by atoms with E-state index in [1.807, 2.05) is 43.9 Å². The topological polar surface area (TPSA) is 79.3 Å². The Morgan fingerprint density at radius 3 is 2.32 bits per heavy atom. The molecule has 0 aromatic heterocycles. The number of fused-ring (bicyclic) bond motifs is 1.